The molecule has 2 aromatic rings. The standard InChI is InChI=1S/C23H25Cl2F2N3O3S/c1-34(32,33)29-8-6-28(7-9-29)18-12-19(24)23(20(25)13-18)30-14-15(2-5-22(30)31)10-16-3-4-17(26)11-21(16)27/h3-4,11-13,15H,2,5-10,14H2,1H3. The summed E-state index contributed by atoms with van der Waals surface area (Å²) in [6.07, 6.45) is 2.42. The number of carbonyl (C=O) groups is 1. The monoisotopic (exact) mass is 531 g/mol. The van der Waals surface area contributed by atoms with Crippen LogP contribution in [0.1, 0.15) is 18.4 Å². The zero-order valence-electron chi connectivity index (χ0n) is 18.6. The number of carbonyl (C=O) groups excluding carboxylic acids is 1. The Balaban J connectivity index is 1.51. The number of hydrogen-bond donors (Lipinski definition) is 0. The van der Waals surface area contributed by atoms with Crippen molar-refractivity contribution in [2.75, 3.05) is 48.8 Å². The summed E-state index contributed by atoms with van der Waals surface area (Å²) in [7, 11) is -3.24. The molecule has 0 N–H and O–H groups in total. The van der Waals surface area contributed by atoms with Crippen LogP contribution in [0.2, 0.25) is 10.0 Å². The molecule has 0 bridgehead atoms. The van der Waals surface area contributed by atoms with Gasteiger partial charge in [-0.15, -0.1) is 0 Å². The van der Waals surface area contributed by atoms with E-state index in [0.29, 0.717) is 66.9 Å². The minimum Gasteiger partial charge on any atom is -0.369 e. The van der Waals surface area contributed by atoms with Gasteiger partial charge in [0.25, 0.3) is 0 Å². The van der Waals surface area contributed by atoms with Gasteiger partial charge in [0.15, 0.2) is 0 Å². The number of benzene rings is 2. The van der Waals surface area contributed by atoms with Crippen molar-refractivity contribution in [1.29, 1.82) is 0 Å². The molecule has 0 radical (unpaired) electrons. The molecule has 2 heterocycles. The largest absolute Gasteiger partial charge is 0.369 e. The minimum absolute atomic E-state index is 0.0338. The second kappa shape index (κ2) is 9.97. The van der Waals surface area contributed by atoms with Crippen LogP contribution in [0.5, 0.6) is 0 Å². The maximum atomic E-state index is 14.1. The van der Waals surface area contributed by atoms with Gasteiger partial charge in [-0.25, -0.2) is 17.2 Å². The third kappa shape index (κ3) is 5.48. The van der Waals surface area contributed by atoms with Crippen LogP contribution >= 0.6 is 23.2 Å². The second-order valence-corrected chi connectivity index (χ2v) is 11.6. The van der Waals surface area contributed by atoms with Gasteiger partial charge in [-0.3, -0.25) is 4.79 Å². The highest BCUT2D eigenvalue weighted by Crippen LogP contribution is 2.40. The van der Waals surface area contributed by atoms with Crippen LogP contribution in [0.3, 0.4) is 0 Å². The number of rotatable bonds is 5. The Hall–Kier alpha value is -1.94. The fraction of sp³-hybridized carbons (Fsp3) is 0.435. The number of nitrogens with zero attached hydrogens (tertiary/aromatic N) is 3. The zero-order chi connectivity index (χ0) is 24.6. The Morgan fingerprint density at radius 1 is 1.03 bits per heavy atom. The number of halogens is 4. The molecule has 1 atom stereocenters. The summed E-state index contributed by atoms with van der Waals surface area (Å²) in [4.78, 5) is 16.3. The molecule has 2 aliphatic heterocycles. The highest BCUT2D eigenvalue weighted by Gasteiger charge is 2.31. The van der Waals surface area contributed by atoms with Crippen molar-refractivity contribution < 1.29 is 22.0 Å². The predicted molar refractivity (Wildman–Crippen MR) is 130 cm³/mol. The Morgan fingerprint density at radius 3 is 2.26 bits per heavy atom. The molecule has 4 rings (SSSR count). The number of anilines is 2. The van der Waals surface area contributed by atoms with E-state index in [2.05, 4.69) is 0 Å². The first-order valence-corrected chi connectivity index (χ1v) is 13.6. The van der Waals surface area contributed by atoms with Gasteiger partial charge in [0.05, 0.1) is 22.0 Å². The molecule has 11 heteroatoms. The fourth-order valence-corrected chi connectivity index (χ4v) is 6.07. The summed E-state index contributed by atoms with van der Waals surface area (Å²) in [6.45, 7) is 2.03. The van der Waals surface area contributed by atoms with Crippen molar-refractivity contribution in [1.82, 2.24) is 4.31 Å². The third-order valence-electron chi connectivity index (χ3n) is 6.38. The van der Waals surface area contributed by atoms with Gasteiger partial charge in [0.1, 0.15) is 11.6 Å². The third-order valence-corrected chi connectivity index (χ3v) is 8.26. The second-order valence-electron chi connectivity index (χ2n) is 8.76. The highest BCUT2D eigenvalue weighted by atomic mass is 35.5. The Morgan fingerprint density at radius 2 is 1.68 bits per heavy atom. The molecule has 0 aliphatic carbocycles. The first-order chi connectivity index (χ1) is 16.0. The normalized spacial score (nSPS) is 20.1. The topological polar surface area (TPSA) is 60.9 Å². The van der Waals surface area contributed by atoms with Gasteiger partial charge in [-0.1, -0.05) is 29.3 Å². The average molecular weight is 532 g/mol. The van der Waals surface area contributed by atoms with Crippen molar-refractivity contribution in [3.05, 3.63) is 57.6 Å². The van der Waals surface area contributed by atoms with Crippen molar-refractivity contribution in [2.24, 2.45) is 5.92 Å². The van der Waals surface area contributed by atoms with E-state index in [-0.39, 0.29) is 18.2 Å². The molecule has 2 aliphatic rings. The molecule has 6 nitrogen and oxygen atoms in total. The summed E-state index contributed by atoms with van der Waals surface area (Å²) in [5.41, 5.74) is 1.57. The van der Waals surface area contributed by atoms with E-state index in [1.807, 2.05) is 4.90 Å². The lowest BCUT2D eigenvalue weighted by atomic mass is 9.90. The number of piperazine rings is 1. The lowest BCUT2D eigenvalue weighted by Gasteiger charge is -2.36. The maximum absolute atomic E-state index is 14.1. The van der Waals surface area contributed by atoms with Crippen LogP contribution < -0.4 is 9.80 Å². The van der Waals surface area contributed by atoms with E-state index < -0.39 is 21.7 Å². The van der Waals surface area contributed by atoms with Crippen LogP contribution in [0.4, 0.5) is 20.2 Å². The molecular formula is C23H25Cl2F2N3O3S. The van der Waals surface area contributed by atoms with E-state index in [1.54, 1.807) is 17.0 Å². The molecule has 0 aromatic heterocycles. The molecule has 2 fully saturated rings. The molecule has 0 spiro atoms. The van der Waals surface area contributed by atoms with Crippen molar-refractivity contribution in [2.45, 2.75) is 19.3 Å². The predicted octanol–water partition coefficient (Wildman–Crippen LogP) is 4.34. The summed E-state index contributed by atoms with van der Waals surface area (Å²) in [5, 5.41) is 0.630. The average Bonchev–Trinajstić information content (AvgIpc) is 2.76. The van der Waals surface area contributed by atoms with Gasteiger partial charge in [-0.05, 0) is 42.5 Å². The van der Waals surface area contributed by atoms with Crippen LogP contribution in [0.25, 0.3) is 0 Å². The molecule has 2 saturated heterocycles. The van der Waals surface area contributed by atoms with E-state index in [9.17, 15) is 22.0 Å². The molecule has 0 saturated carbocycles. The molecule has 184 valence electrons. The number of piperidine rings is 1. The van der Waals surface area contributed by atoms with Crippen LogP contribution in [0, 0.1) is 17.6 Å². The van der Waals surface area contributed by atoms with Crippen molar-refractivity contribution in [3.8, 4) is 0 Å². The molecule has 34 heavy (non-hydrogen) atoms. The van der Waals surface area contributed by atoms with Crippen LogP contribution in [0.15, 0.2) is 30.3 Å². The molecular weight excluding hydrogens is 507 g/mol. The summed E-state index contributed by atoms with van der Waals surface area (Å²) < 4.78 is 52.3. The first-order valence-electron chi connectivity index (χ1n) is 11.0. The number of sulfonamides is 1. The van der Waals surface area contributed by atoms with Gasteiger partial charge < -0.3 is 9.80 Å². The Labute approximate surface area is 208 Å². The fourth-order valence-electron chi connectivity index (χ4n) is 4.57. The molecule has 2 aromatic carbocycles. The Kier molecular flexibility index (Phi) is 7.38. The molecule has 1 unspecified atom stereocenters. The summed E-state index contributed by atoms with van der Waals surface area (Å²) >= 11 is 13.2. The lowest BCUT2D eigenvalue weighted by molar-refractivity contribution is -0.120. The van der Waals surface area contributed by atoms with Crippen molar-refractivity contribution in [3.63, 3.8) is 0 Å². The maximum Gasteiger partial charge on any atom is 0.227 e. The lowest BCUT2D eigenvalue weighted by Crippen LogP contribution is -2.48. The number of hydrogen-bond acceptors (Lipinski definition) is 4. The zero-order valence-corrected chi connectivity index (χ0v) is 20.9. The van der Waals surface area contributed by atoms with E-state index in [4.69, 9.17) is 23.2 Å². The van der Waals surface area contributed by atoms with Gasteiger partial charge in [-0.2, -0.15) is 4.31 Å². The van der Waals surface area contributed by atoms with E-state index in [0.717, 1.165) is 11.8 Å². The van der Waals surface area contributed by atoms with Gasteiger partial charge >= 0.3 is 0 Å². The minimum atomic E-state index is -3.24. The van der Waals surface area contributed by atoms with E-state index in [1.165, 1.54) is 22.7 Å². The first kappa shape index (κ1) is 25.2. The Bertz CT molecular complexity index is 1180. The number of amides is 1. The molecule has 1 amide bonds. The SMILES string of the molecule is CS(=O)(=O)N1CCN(c2cc(Cl)c(N3CC(Cc4ccc(F)cc4F)CCC3=O)c(Cl)c2)CC1. The van der Waals surface area contributed by atoms with Gasteiger partial charge in [0, 0.05) is 50.9 Å². The van der Waals surface area contributed by atoms with Gasteiger partial charge in [0.2, 0.25) is 15.9 Å². The summed E-state index contributed by atoms with van der Waals surface area (Å²) in [6, 6.07) is 6.99. The van der Waals surface area contributed by atoms with Crippen LogP contribution in [-0.2, 0) is 21.2 Å². The van der Waals surface area contributed by atoms with Crippen molar-refractivity contribution >= 4 is 50.5 Å². The van der Waals surface area contributed by atoms with Crippen LogP contribution in [-0.4, -0.2) is 57.6 Å². The summed E-state index contributed by atoms with van der Waals surface area (Å²) in [5.74, 6) is -1.37. The smallest absolute Gasteiger partial charge is 0.227 e. The van der Waals surface area contributed by atoms with E-state index >= 15 is 0 Å². The quantitative estimate of drug-likeness (QED) is 0.575. The highest BCUT2D eigenvalue weighted by molar-refractivity contribution is 7.88.